The monoisotopic (exact) mass is 468 g/mol. The van der Waals surface area contributed by atoms with Gasteiger partial charge in [0.1, 0.15) is 6.61 Å². The topological polar surface area (TPSA) is 105 Å². The molecule has 1 heterocycles. The summed E-state index contributed by atoms with van der Waals surface area (Å²) in [4.78, 5) is 40.4. The summed E-state index contributed by atoms with van der Waals surface area (Å²) in [6, 6.07) is 1.97. The van der Waals surface area contributed by atoms with E-state index in [9.17, 15) is 27.6 Å². The number of anilines is 2. The minimum absolute atomic E-state index is 0.0235. The molecule has 0 bridgehead atoms. The number of nitrogens with one attached hydrogen (secondary N) is 1. The van der Waals surface area contributed by atoms with E-state index in [1.165, 1.54) is 11.0 Å². The van der Waals surface area contributed by atoms with Gasteiger partial charge in [0.05, 0.1) is 17.9 Å². The van der Waals surface area contributed by atoms with Gasteiger partial charge in [0.2, 0.25) is 5.91 Å². The van der Waals surface area contributed by atoms with Crippen molar-refractivity contribution in [3.05, 3.63) is 23.8 Å². The van der Waals surface area contributed by atoms with Crippen molar-refractivity contribution in [1.29, 1.82) is 0 Å². The summed E-state index contributed by atoms with van der Waals surface area (Å²) in [6.45, 7) is 0.131. The zero-order valence-corrected chi connectivity index (χ0v) is 18.1. The predicted molar refractivity (Wildman–Crippen MR) is 113 cm³/mol. The summed E-state index contributed by atoms with van der Waals surface area (Å²) in [6.07, 6.45) is 0.445. The van der Waals surface area contributed by atoms with E-state index in [1.54, 1.807) is 4.90 Å². The minimum atomic E-state index is -4.79. The number of alkyl halides is 3. The summed E-state index contributed by atoms with van der Waals surface area (Å²) in [5, 5.41) is 2.30. The highest BCUT2D eigenvalue weighted by molar-refractivity contribution is 6.10. The Morgan fingerprint density at radius 3 is 2.27 bits per heavy atom. The molecule has 0 spiro atoms. The van der Waals surface area contributed by atoms with Crippen LogP contribution in [0.25, 0.3) is 0 Å². The second-order valence-corrected chi connectivity index (χ2v) is 8.74. The lowest BCUT2D eigenvalue weighted by molar-refractivity contribution is -0.138. The smallest absolute Gasteiger partial charge is 0.370 e. The van der Waals surface area contributed by atoms with Gasteiger partial charge in [-0.15, -0.1) is 0 Å². The highest BCUT2D eigenvalue weighted by Crippen LogP contribution is 2.39. The number of ether oxygens (including phenoxy) is 1. The molecule has 33 heavy (non-hydrogen) atoms. The van der Waals surface area contributed by atoms with E-state index in [1.807, 2.05) is 0 Å². The van der Waals surface area contributed by atoms with E-state index < -0.39 is 41.2 Å². The maximum absolute atomic E-state index is 13.9. The van der Waals surface area contributed by atoms with E-state index in [0.717, 1.165) is 50.7 Å². The number of nitrogens with zero attached hydrogens (tertiary/aromatic N) is 2. The highest BCUT2D eigenvalue weighted by atomic mass is 19.4. The molecule has 3 fully saturated rings. The van der Waals surface area contributed by atoms with Crippen molar-refractivity contribution in [2.45, 2.75) is 62.8 Å². The first kappa shape index (κ1) is 23.5. The van der Waals surface area contributed by atoms with Crippen molar-refractivity contribution in [2.75, 3.05) is 30.0 Å². The van der Waals surface area contributed by atoms with Gasteiger partial charge >= 0.3 is 6.18 Å². The molecule has 4 rings (SSSR count). The molecule has 3 amide bonds. The van der Waals surface area contributed by atoms with Crippen molar-refractivity contribution in [2.24, 2.45) is 5.73 Å². The zero-order chi connectivity index (χ0) is 23.8. The zero-order valence-electron chi connectivity index (χ0n) is 18.1. The van der Waals surface area contributed by atoms with Gasteiger partial charge in [-0.25, -0.2) is 0 Å². The maximum atomic E-state index is 13.9. The van der Waals surface area contributed by atoms with Crippen LogP contribution in [-0.4, -0.2) is 60.5 Å². The van der Waals surface area contributed by atoms with Gasteiger partial charge in [-0.3, -0.25) is 19.3 Å². The summed E-state index contributed by atoms with van der Waals surface area (Å²) in [7, 11) is 0. The second kappa shape index (κ2) is 9.30. The SMILES string of the molecule is NC(=O)[C@H](C(=O)Nc1ccc(N2CCOCC2=O)cc1C(F)(F)F)N(C1CCC1)C1CCC1. The van der Waals surface area contributed by atoms with Crippen LogP contribution in [0.5, 0.6) is 0 Å². The average molecular weight is 468 g/mol. The summed E-state index contributed by atoms with van der Waals surface area (Å²) < 4.78 is 46.6. The van der Waals surface area contributed by atoms with Crippen LogP contribution in [0.15, 0.2) is 18.2 Å². The van der Waals surface area contributed by atoms with Gasteiger partial charge in [0, 0.05) is 24.3 Å². The summed E-state index contributed by atoms with van der Waals surface area (Å²) >= 11 is 0. The Hall–Kier alpha value is -2.66. The largest absolute Gasteiger partial charge is 0.418 e. The minimum Gasteiger partial charge on any atom is -0.370 e. The molecule has 1 aromatic carbocycles. The lowest BCUT2D eigenvalue weighted by Crippen LogP contribution is -2.62. The van der Waals surface area contributed by atoms with Crippen LogP contribution in [-0.2, 0) is 25.3 Å². The molecule has 8 nitrogen and oxygen atoms in total. The predicted octanol–water partition coefficient (Wildman–Crippen LogP) is 2.27. The Morgan fingerprint density at radius 1 is 1.15 bits per heavy atom. The van der Waals surface area contributed by atoms with E-state index in [2.05, 4.69) is 5.32 Å². The number of amides is 3. The molecule has 1 aromatic rings. The van der Waals surface area contributed by atoms with Crippen LogP contribution in [0.4, 0.5) is 24.5 Å². The molecule has 1 saturated heterocycles. The maximum Gasteiger partial charge on any atom is 0.418 e. The molecule has 11 heteroatoms. The molecule has 0 unspecified atom stereocenters. The Kier molecular flexibility index (Phi) is 6.62. The van der Waals surface area contributed by atoms with Crippen LogP contribution in [0, 0.1) is 0 Å². The van der Waals surface area contributed by atoms with Crippen molar-refractivity contribution < 1.29 is 32.3 Å². The number of rotatable bonds is 7. The number of carbonyl (C=O) groups excluding carboxylic acids is 3. The first-order chi connectivity index (χ1) is 15.7. The number of benzene rings is 1. The van der Waals surface area contributed by atoms with Gasteiger partial charge in [0.15, 0.2) is 6.04 Å². The third-order valence-electron chi connectivity index (χ3n) is 6.67. The number of primary amides is 1. The molecule has 2 saturated carbocycles. The van der Waals surface area contributed by atoms with Gasteiger partial charge < -0.3 is 20.7 Å². The molecule has 3 aliphatic rings. The van der Waals surface area contributed by atoms with E-state index in [4.69, 9.17) is 10.5 Å². The fourth-order valence-corrected chi connectivity index (χ4v) is 4.54. The molecule has 180 valence electrons. The van der Waals surface area contributed by atoms with Crippen LogP contribution >= 0.6 is 0 Å². The number of morpholine rings is 1. The lowest BCUT2D eigenvalue weighted by atomic mass is 9.83. The normalized spacial score (nSPS) is 20.8. The van der Waals surface area contributed by atoms with Crippen LogP contribution in [0.2, 0.25) is 0 Å². The van der Waals surface area contributed by atoms with Gasteiger partial charge in [-0.2, -0.15) is 13.2 Å². The number of hydrogen-bond donors (Lipinski definition) is 2. The average Bonchev–Trinajstić information content (AvgIpc) is 2.65. The molecule has 1 atom stereocenters. The molecular weight excluding hydrogens is 441 g/mol. The van der Waals surface area contributed by atoms with E-state index in [0.29, 0.717) is 0 Å². The van der Waals surface area contributed by atoms with Crippen LogP contribution in [0.1, 0.15) is 44.1 Å². The molecule has 0 aromatic heterocycles. The molecular formula is C22H27F3N4O4. The molecule has 0 radical (unpaired) electrons. The van der Waals surface area contributed by atoms with Crippen molar-refractivity contribution in [3.8, 4) is 0 Å². The Labute approximate surface area is 189 Å². The molecule has 2 aliphatic carbocycles. The third kappa shape index (κ3) is 4.84. The van der Waals surface area contributed by atoms with Gasteiger partial charge in [-0.1, -0.05) is 12.8 Å². The molecule has 3 N–H and O–H groups in total. The summed E-state index contributed by atoms with van der Waals surface area (Å²) in [5.74, 6) is -2.20. The van der Waals surface area contributed by atoms with Gasteiger partial charge in [-0.05, 0) is 43.9 Å². The molecule has 1 aliphatic heterocycles. The summed E-state index contributed by atoms with van der Waals surface area (Å²) in [5.41, 5.74) is 4.04. The fraction of sp³-hybridized carbons (Fsp3) is 0.591. The Morgan fingerprint density at radius 2 is 1.79 bits per heavy atom. The Bertz CT molecular complexity index is 917. The lowest BCUT2D eigenvalue weighted by Gasteiger charge is -2.48. The van der Waals surface area contributed by atoms with Crippen molar-refractivity contribution in [3.63, 3.8) is 0 Å². The number of hydrogen-bond acceptors (Lipinski definition) is 5. The third-order valence-corrected chi connectivity index (χ3v) is 6.67. The standard InChI is InChI=1S/C22H27F3N4O4/c23-22(24,25)16-11-15(28-9-10-33-12-18(28)30)7-8-17(16)27-21(32)19(20(26)31)29(13-3-1-4-13)14-5-2-6-14/h7-8,11,13-14,19H,1-6,9-10,12H2,(H2,26,31)(H,27,32)/t19-/m1/s1. The highest BCUT2D eigenvalue weighted by Gasteiger charge is 2.44. The van der Waals surface area contributed by atoms with Crippen LogP contribution in [0.3, 0.4) is 0 Å². The first-order valence-electron chi connectivity index (χ1n) is 11.1. The Balaban J connectivity index is 1.61. The van der Waals surface area contributed by atoms with Crippen molar-refractivity contribution >= 4 is 29.1 Å². The quantitative estimate of drug-likeness (QED) is 0.598. The van der Waals surface area contributed by atoms with Crippen molar-refractivity contribution in [1.82, 2.24) is 4.90 Å². The number of nitrogens with two attached hydrogens (primary N) is 1. The van der Waals surface area contributed by atoms with E-state index in [-0.39, 0.29) is 37.5 Å². The number of halogens is 3. The second-order valence-electron chi connectivity index (χ2n) is 8.74. The van der Waals surface area contributed by atoms with Crippen LogP contribution < -0.4 is 16.0 Å². The fourth-order valence-electron chi connectivity index (χ4n) is 4.54. The van der Waals surface area contributed by atoms with Gasteiger partial charge in [0.25, 0.3) is 11.8 Å². The van der Waals surface area contributed by atoms with E-state index >= 15 is 0 Å². The first-order valence-corrected chi connectivity index (χ1v) is 11.1. The number of carbonyl (C=O) groups is 3.